The van der Waals surface area contributed by atoms with E-state index in [0.29, 0.717) is 25.4 Å². The van der Waals surface area contributed by atoms with Crippen molar-refractivity contribution in [2.24, 2.45) is 0 Å². The SMILES string of the molecule is CNc1c(N)cnn1CCOCCO. The average molecular weight is 200 g/mol. The van der Waals surface area contributed by atoms with Gasteiger partial charge in [0.05, 0.1) is 38.2 Å². The molecule has 0 amide bonds. The monoisotopic (exact) mass is 200 g/mol. The van der Waals surface area contributed by atoms with Crippen LogP contribution in [-0.2, 0) is 11.3 Å². The van der Waals surface area contributed by atoms with Crippen molar-refractivity contribution in [1.82, 2.24) is 9.78 Å². The van der Waals surface area contributed by atoms with E-state index in [9.17, 15) is 0 Å². The lowest BCUT2D eigenvalue weighted by Crippen LogP contribution is -2.12. The molecule has 14 heavy (non-hydrogen) atoms. The lowest BCUT2D eigenvalue weighted by Gasteiger charge is -2.07. The highest BCUT2D eigenvalue weighted by Gasteiger charge is 2.04. The third kappa shape index (κ3) is 2.61. The van der Waals surface area contributed by atoms with Crippen molar-refractivity contribution in [3.05, 3.63) is 6.20 Å². The second-order valence-corrected chi connectivity index (χ2v) is 2.76. The number of anilines is 2. The molecule has 0 aromatic carbocycles. The molecule has 0 fully saturated rings. The maximum Gasteiger partial charge on any atom is 0.147 e. The number of rotatable bonds is 6. The molecule has 80 valence electrons. The fraction of sp³-hybridized carbons (Fsp3) is 0.625. The Morgan fingerprint density at radius 1 is 1.64 bits per heavy atom. The molecule has 0 bridgehead atoms. The van der Waals surface area contributed by atoms with E-state index < -0.39 is 0 Å². The van der Waals surface area contributed by atoms with Gasteiger partial charge in [-0.1, -0.05) is 0 Å². The highest BCUT2D eigenvalue weighted by atomic mass is 16.5. The second-order valence-electron chi connectivity index (χ2n) is 2.76. The molecule has 4 N–H and O–H groups in total. The van der Waals surface area contributed by atoms with Crippen LogP contribution in [0.3, 0.4) is 0 Å². The lowest BCUT2D eigenvalue weighted by molar-refractivity contribution is 0.0857. The fourth-order valence-electron chi connectivity index (χ4n) is 1.16. The maximum atomic E-state index is 8.49. The summed E-state index contributed by atoms with van der Waals surface area (Å²) in [6.07, 6.45) is 1.60. The van der Waals surface area contributed by atoms with Gasteiger partial charge in [-0.15, -0.1) is 0 Å². The van der Waals surface area contributed by atoms with Gasteiger partial charge in [-0.3, -0.25) is 0 Å². The molecule has 1 heterocycles. The second kappa shape index (κ2) is 5.46. The Morgan fingerprint density at radius 3 is 3.07 bits per heavy atom. The molecule has 6 nitrogen and oxygen atoms in total. The van der Waals surface area contributed by atoms with Gasteiger partial charge in [-0.25, -0.2) is 4.68 Å². The summed E-state index contributed by atoms with van der Waals surface area (Å²) in [6, 6.07) is 0. The van der Waals surface area contributed by atoms with Crippen molar-refractivity contribution < 1.29 is 9.84 Å². The molecule has 0 spiro atoms. The first-order valence-corrected chi connectivity index (χ1v) is 4.47. The minimum Gasteiger partial charge on any atom is -0.394 e. The van der Waals surface area contributed by atoms with Crippen LogP contribution < -0.4 is 11.1 Å². The van der Waals surface area contributed by atoms with E-state index in [4.69, 9.17) is 15.6 Å². The largest absolute Gasteiger partial charge is 0.394 e. The van der Waals surface area contributed by atoms with Crippen molar-refractivity contribution >= 4 is 11.5 Å². The van der Waals surface area contributed by atoms with Crippen LogP contribution in [0.5, 0.6) is 0 Å². The van der Waals surface area contributed by atoms with Gasteiger partial charge in [0.1, 0.15) is 5.82 Å². The maximum absolute atomic E-state index is 8.49. The molecule has 1 aromatic rings. The van der Waals surface area contributed by atoms with Gasteiger partial charge in [0, 0.05) is 7.05 Å². The summed E-state index contributed by atoms with van der Waals surface area (Å²) in [5, 5.41) is 15.5. The van der Waals surface area contributed by atoms with Crippen molar-refractivity contribution in [3.8, 4) is 0 Å². The van der Waals surface area contributed by atoms with Crippen LogP contribution in [0.1, 0.15) is 0 Å². The topological polar surface area (TPSA) is 85.3 Å². The quantitative estimate of drug-likeness (QED) is 0.540. The molecule has 1 aromatic heterocycles. The van der Waals surface area contributed by atoms with E-state index in [2.05, 4.69) is 10.4 Å². The number of aliphatic hydroxyl groups is 1. The molecule has 0 saturated heterocycles. The summed E-state index contributed by atoms with van der Waals surface area (Å²) in [5.74, 6) is 0.789. The Balaban J connectivity index is 2.42. The number of hydrogen-bond acceptors (Lipinski definition) is 5. The highest BCUT2D eigenvalue weighted by Crippen LogP contribution is 2.15. The summed E-state index contributed by atoms with van der Waals surface area (Å²) in [7, 11) is 1.79. The minimum absolute atomic E-state index is 0.0418. The van der Waals surface area contributed by atoms with E-state index in [-0.39, 0.29) is 6.61 Å². The number of nitrogens with zero attached hydrogens (tertiary/aromatic N) is 2. The van der Waals surface area contributed by atoms with Gasteiger partial charge in [0.2, 0.25) is 0 Å². The predicted molar refractivity (Wildman–Crippen MR) is 54.1 cm³/mol. The molecule has 0 saturated carbocycles. The van der Waals surface area contributed by atoms with Gasteiger partial charge in [-0.2, -0.15) is 5.10 Å². The molecule has 0 atom stereocenters. The Kier molecular flexibility index (Phi) is 4.21. The smallest absolute Gasteiger partial charge is 0.147 e. The van der Waals surface area contributed by atoms with Gasteiger partial charge < -0.3 is 20.9 Å². The van der Waals surface area contributed by atoms with E-state index in [1.165, 1.54) is 0 Å². The van der Waals surface area contributed by atoms with Crippen molar-refractivity contribution in [3.63, 3.8) is 0 Å². The normalized spacial score (nSPS) is 10.4. The van der Waals surface area contributed by atoms with Gasteiger partial charge in [0.25, 0.3) is 0 Å². The van der Waals surface area contributed by atoms with Crippen LogP contribution in [0.15, 0.2) is 6.20 Å². The Hall–Kier alpha value is -1.27. The van der Waals surface area contributed by atoms with Gasteiger partial charge >= 0.3 is 0 Å². The summed E-state index contributed by atoms with van der Waals surface area (Å²) in [4.78, 5) is 0. The third-order valence-corrected chi connectivity index (χ3v) is 1.79. The number of aliphatic hydroxyl groups excluding tert-OH is 1. The summed E-state index contributed by atoms with van der Waals surface area (Å²) in [6.45, 7) is 1.52. The standard InChI is InChI=1S/C8H16N4O2/c1-10-8-7(9)6-11-12(8)2-4-14-5-3-13/h6,10,13H,2-5,9H2,1H3. The van der Waals surface area contributed by atoms with Crippen molar-refractivity contribution in [1.29, 1.82) is 0 Å². The number of aromatic nitrogens is 2. The van der Waals surface area contributed by atoms with E-state index >= 15 is 0 Å². The summed E-state index contributed by atoms with van der Waals surface area (Å²) in [5.41, 5.74) is 6.28. The van der Waals surface area contributed by atoms with Crippen LogP contribution in [0, 0.1) is 0 Å². The van der Waals surface area contributed by atoms with Crippen LogP contribution in [-0.4, -0.2) is 41.8 Å². The molecule has 0 aliphatic heterocycles. The van der Waals surface area contributed by atoms with Gasteiger partial charge in [0.15, 0.2) is 0 Å². The fourth-order valence-corrected chi connectivity index (χ4v) is 1.16. The van der Waals surface area contributed by atoms with Crippen LogP contribution in [0.4, 0.5) is 11.5 Å². The Labute approximate surface area is 82.7 Å². The first-order valence-electron chi connectivity index (χ1n) is 4.47. The predicted octanol–water partition coefficient (Wildman–Crippen LogP) is -0.484. The lowest BCUT2D eigenvalue weighted by atomic mass is 10.5. The number of nitrogens with two attached hydrogens (primary N) is 1. The molecule has 0 aliphatic rings. The molecular weight excluding hydrogens is 184 g/mol. The molecule has 6 heteroatoms. The van der Waals surface area contributed by atoms with E-state index in [1.807, 2.05) is 0 Å². The van der Waals surface area contributed by atoms with E-state index in [0.717, 1.165) is 5.82 Å². The highest BCUT2D eigenvalue weighted by molar-refractivity contribution is 5.60. The number of nitrogens with one attached hydrogen (secondary N) is 1. The molecule has 0 aliphatic carbocycles. The summed E-state index contributed by atoms with van der Waals surface area (Å²) >= 11 is 0. The first kappa shape index (κ1) is 10.8. The van der Waals surface area contributed by atoms with Crippen LogP contribution in [0.25, 0.3) is 0 Å². The zero-order valence-electron chi connectivity index (χ0n) is 8.23. The van der Waals surface area contributed by atoms with Crippen molar-refractivity contribution in [2.75, 3.05) is 37.9 Å². The average Bonchev–Trinajstić information content (AvgIpc) is 2.54. The number of hydrogen-bond donors (Lipinski definition) is 3. The first-order chi connectivity index (χ1) is 6.79. The molecule has 0 unspecified atom stereocenters. The number of nitrogen functional groups attached to an aromatic ring is 1. The molecule has 1 rings (SSSR count). The van der Waals surface area contributed by atoms with Crippen molar-refractivity contribution in [2.45, 2.75) is 6.54 Å². The zero-order chi connectivity index (χ0) is 10.4. The summed E-state index contributed by atoms with van der Waals surface area (Å²) < 4.78 is 6.84. The molecular formula is C8H16N4O2. The number of ether oxygens (including phenoxy) is 1. The zero-order valence-corrected chi connectivity index (χ0v) is 8.23. The minimum atomic E-state index is 0.0418. The Morgan fingerprint density at radius 2 is 2.43 bits per heavy atom. The van der Waals surface area contributed by atoms with Crippen LogP contribution >= 0.6 is 0 Å². The Bertz CT molecular complexity index is 274. The van der Waals surface area contributed by atoms with E-state index in [1.54, 1.807) is 17.9 Å². The van der Waals surface area contributed by atoms with Crippen LogP contribution in [0.2, 0.25) is 0 Å². The third-order valence-electron chi connectivity index (χ3n) is 1.79. The molecule has 0 radical (unpaired) electrons. The van der Waals surface area contributed by atoms with Gasteiger partial charge in [-0.05, 0) is 0 Å².